The van der Waals surface area contributed by atoms with Gasteiger partial charge in [-0.25, -0.2) is 4.79 Å². The minimum atomic E-state index is -0.331. The summed E-state index contributed by atoms with van der Waals surface area (Å²) < 4.78 is 2.02. The molecular weight excluding hydrogens is 466 g/mol. The quantitative estimate of drug-likeness (QED) is 0.364. The third-order valence-corrected chi connectivity index (χ3v) is 7.58. The summed E-state index contributed by atoms with van der Waals surface area (Å²) >= 11 is 7.99. The summed E-state index contributed by atoms with van der Waals surface area (Å²) in [6.07, 6.45) is 5.68. The van der Waals surface area contributed by atoms with Gasteiger partial charge in [0.2, 0.25) is 0 Å². The van der Waals surface area contributed by atoms with Crippen LogP contribution >= 0.6 is 23.4 Å². The molecule has 180 valence electrons. The summed E-state index contributed by atoms with van der Waals surface area (Å²) in [7, 11) is 0. The van der Waals surface area contributed by atoms with E-state index in [-0.39, 0.29) is 18.1 Å². The van der Waals surface area contributed by atoms with Gasteiger partial charge in [0, 0.05) is 16.8 Å². The van der Waals surface area contributed by atoms with Gasteiger partial charge in [-0.3, -0.25) is 4.57 Å². The lowest BCUT2D eigenvalue weighted by molar-refractivity contribution is 0.229. The lowest BCUT2D eigenvalue weighted by Gasteiger charge is -2.24. The Kier molecular flexibility index (Phi) is 8.16. The van der Waals surface area contributed by atoms with E-state index in [1.807, 2.05) is 42.7 Å². The Morgan fingerprint density at radius 2 is 1.88 bits per heavy atom. The van der Waals surface area contributed by atoms with Gasteiger partial charge >= 0.3 is 6.03 Å². The van der Waals surface area contributed by atoms with Crippen LogP contribution in [0.5, 0.6) is 0 Å². The number of halogens is 1. The second kappa shape index (κ2) is 11.3. The molecule has 3 aromatic rings. The molecule has 2 aromatic carbocycles. The first-order chi connectivity index (χ1) is 16.4. The zero-order valence-electron chi connectivity index (χ0n) is 20.0. The Labute approximate surface area is 210 Å². The number of urea groups is 1. The van der Waals surface area contributed by atoms with Gasteiger partial charge in [0.1, 0.15) is 0 Å². The number of hydrogen-bond acceptors (Lipinski definition) is 4. The number of benzene rings is 2. The minimum absolute atomic E-state index is 0.161. The smallest absolute Gasteiger partial charge is 0.315 e. The second-order valence-electron chi connectivity index (χ2n) is 9.00. The van der Waals surface area contributed by atoms with Gasteiger partial charge in [-0.1, -0.05) is 73.0 Å². The van der Waals surface area contributed by atoms with Crippen LogP contribution in [0.2, 0.25) is 5.02 Å². The molecule has 1 aliphatic carbocycles. The highest BCUT2D eigenvalue weighted by Gasteiger charge is 2.23. The molecule has 0 spiro atoms. The van der Waals surface area contributed by atoms with Gasteiger partial charge in [-0.2, -0.15) is 0 Å². The van der Waals surface area contributed by atoms with E-state index in [0.717, 1.165) is 35.0 Å². The summed E-state index contributed by atoms with van der Waals surface area (Å²) in [5.41, 5.74) is 4.47. The van der Waals surface area contributed by atoms with Gasteiger partial charge < -0.3 is 10.6 Å². The maximum atomic E-state index is 12.7. The van der Waals surface area contributed by atoms with Crippen molar-refractivity contribution in [3.05, 3.63) is 70.0 Å². The monoisotopic (exact) mass is 497 g/mol. The summed E-state index contributed by atoms with van der Waals surface area (Å²) in [6.45, 7) is 6.10. The van der Waals surface area contributed by atoms with Crippen molar-refractivity contribution in [1.29, 1.82) is 0 Å². The molecule has 2 amide bonds. The Balaban J connectivity index is 1.59. The Bertz CT molecular complexity index is 1140. The van der Waals surface area contributed by atoms with Crippen LogP contribution in [0.4, 0.5) is 4.79 Å². The molecule has 6 nitrogen and oxygen atoms in total. The van der Waals surface area contributed by atoms with Gasteiger partial charge in [0.25, 0.3) is 0 Å². The van der Waals surface area contributed by atoms with Crippen molar-refractivity contribution in [2.24, 2.45) is 0 Å². The lowest BCUT2D eigenvalue weighted by atomic mass is 9.96. The molecule has 0 aliphatic heterocycles. The molecule has 1 unspecified atom stereocenters. The maximum Gasteiger partial charge on any atom is 0.315 e. The van der Waals surface area contributed by atoms with E-state index in [9.17, 15) is 4.79 Å². The topological polar surface area (TPSA) is 71.8 Å². The molecule has 0 bridgehead atoms. The highest BCUT2D eigenvalue weighted by Crippen LogP contribution is 2.31. The first-order valence-corrected chi connectivity index (χ1v) is 13.2. The van der Waals surface area contributed by atoms with Gasteiger partial charge in [0.05, 0.1) is 11.7 Å². The molecule has 1 heterocycles. The predicted molar refractivity (Wildman–Crippen MR) is 139 cm³/mol. The standard InChI is InChI=1S/C26H32ClN5OS/c1-17-9-7-8-10-20(17)16-34-26-31-30-24(32(26)23-15-21(27)14-13-18(23)2)19(3)28-25(33)29-22-11-5-4-6-12-22/h7-10,13-15,19,22H,4-6,11-12,16H2,1-3H3,(H2,28,29,33). The van der Waals surface area contributed by atoms with Crippen molar-refractivity contribution in [1.82, 2.24) is 25.4 Å². The van der Waals surface area contributed by atoms with Crippen LogP contribution < -0.4 is 10.6 Å². The summed E-state index contributed by atoms with van der Waals surface area (Å²) in [5.74, 6) is 1.45. The highest BCUT2D eigenvalue weighted by molar-refractivity contribution is 7.98. The molecule has 1 aromatic heterocycles. The third kappa shape index (κ3) is 5.94. The van der Waals surface area contributed by atoms with Crippen LogP contribution in [-0.2, 0) is 5.75 Å². The number of hydrogen-bond donors (Lipinski definition) is 2. The van der Waals surface area contributed by atoms with Crippen molar-refractivity contribution in [3.63, 3.8) is 0 Å². The number of carbonyl (C=O) groups excluding carboxylic acids is 1. The van der Waals surface area contributed by atoms with Crippen LogP contribution in [0.3, 0.4) is 0 Å². The van der Waals surface area contributed by atoms with E-state index in [0.29, 0.717) is 10.8 Å². The average molecular weight is 498 g/mol. The van der Waals surface area contributed by atoms with E-state index in [1.54, 1.807) is 11.8 Å². The van der Waals surface area contributed by atoms with Crippen molar-refractivity contribution in [3.8, 4) is 5.69 Å². The molecule has 1 saturated carbocycles. The first kappa shape index (κ1) is 24.6. The fraction of sp³-hybridized carbons (Fsp3) is 0.423. The summed E-state index contributed by atoms with van der Waals surface area (Å²) in [5, 5.41) is 16.6. The molecule has 4 rings (SSSR count). The van der Waals surface area contributed by atoms with E-state index in [1.165, 1.54) is 30.4 Å². The number of amides is 2. The van der Waals surface area contributed by atoms with Crippen LogP contribution in [0, 0.1) is 13.8 Å². The number of carbonyl (C=O) groups is 1. The number of nitrogens with one attached hydrogen (secondary N) is 2. The normalized spacial score (nSPS) is 15.2. The van der Waals surface area contributed by atoms with Crippen LogP contribution in [0.1, 0.15) is 67.6 Å². The number of nitrogens with zero attached hydrogens (tertiary/aromatic N) is 3. The van der Waals surface area contributed by atoms with Crippen LogP contribution in [-0.4, -0.2) is 26.8 Å². The molecule has 34 heavy (non-hydrogen) atoms. The molecule has 0 radical (unpaired) electrons. The van der Waals surface area contributed by atoms with Gasteiger partial charge in [-0.15, -0.1) is 10.2 Å². The molecular formula is C26H32ClN5OS. The van der Waals surface area contributed by atoms with Crippen LogP contribution in [0.15, 0.2) is 47.6 Å². The van der Waals surface area contributed by atoms with E-state index in [4.69, 9.17) is 11.6 Å². The fourth-order valence-electron chi connectivity index (χ4n) is 4.35. The Morgan fingerprint density at radius 3 is 2.65 bits per heavy atom. The maximum absolute atomic E-state index is 12.7. The van der Waals surface area contributed by atoms with Crippen LogP contribution in [0.25, 0.3) is 5.69 Å². The Morgan fingerprint density at radius 1 is 1.12 bits per heavy atom. The summed E-state index contributed by atoms with van der Waals surface area (Å²) in [4.78, 5) is 12.7. The van der Waals surface area contributed by atoms with Crippen molar-refractivity contribution in [2.75, 3.05) is 0 Å². The van der Waals surface area contributed by atoms with Gasteiger partial charge in [0.15, 0.2) is 11.0 Å². The van der Waals surface area contributed by atoms with E-state index >= 15 is 0 Å². The highest BCUT2D eigenvalue weighted by atomic mass is 35.5. The number of aromatic nitrogens is 3. The summed E-state index contributed by atoms with van der Waals surface area (Å²) in [6, 6.07) is 13.9. The van der Waals surface area contributed by atoms with Crippen molar-refractivity contribution >= 4 is 29.4 Å². The first-order valence-electron chi connectivity index (χ1n) is 11.9. The SMILES string of the molecule is Cc1ccccc1CSc1nnc(C(C)NC(=O)NC2CCCCC2)n1-c1cc(Cl)ccc1C. The number of rotatable bonds is 7. The second-order valence-corrected chi connectivity index (χ2v) is 10.4. The van der Waals surface area contributed by atoms with E-state index in [2.05, 4.69) is 46.0 Å². The zero-order chi connectivity index (χ0) is 24.1. The number of thioether (sulfide) groups is 1. The molecule has 1 atom stereocenters. The van der Waals surface area contributed by atoms with Crippen molar-refractivity contribution in [2.45, 2.75) is 75.9 Å². The molecule has 8 heteroatoms. The minimum Gasteiger partial charge on any atom is -0.335 e. The van der Waals surface area contributed by atoms with E-state index < -0.39 is 0 Å². The zero-order valence-corrected chi connectivity index (χ0v) is 21.5. The lowest BCUT2D eigenvalue weighted by Crippen LogP contribution is -2.44. The molecule has 0 saturated heterocycles. The van der Waals surface area contributed by atoms with Crippen molar-refractivity contribution < 1.29 is 4.79 Å². The fourth-order valence-corrected chi connectivity index (χ4v) is 5.55. The predicted octanol–water partition coefficient (Wildman–Crippen LogP) is 6.52. The Hall–Kier alpha value is -2.51. The number of aryl methyl sites for hydroxylation is 2. The molecule has 1 aliphatic rings. The largest absolute Gasteiger partial charge is 0.335 e. The van der Waals surface area contributed by atoms with Gasteiger partial charge in [-0.05, 0) is 62.4 Å². The molecule has 1 fully saturated rings. The average Bonchev–Trinajstić information content (AvgIpc) is 3.24. The molecule has 2 N–H and O–H groups in total. The third-order valence-electron chi connectivity index (χ3n) is 6.36.